The van der Waals surface area contributed by atoms with E-state index in [-0.39, 0.29) is 20.8 Å². The fourth-order valence-corrected chi connectivity index (χ4v) is 5.01. The third-order valence-electron chi connectivity index (χ3n) is 4.52. The molecule has 4 rings (SSSR count). The first-order valence-electron chi connectivity index (χ1n) is 9.61. The third kappa shape index (κ3) is 4.70. The number of thiazole rings is 1. The molecule has 0 bridgehead atoms. The second-order valence-corrected chi connectivity index (χ2v) is 9.61. The molecular formula is C21H17ClN4O5S2. The Kier molecular flexibility index (Phi) is 6.36. The molecule has 1 aliphatic heterocycles. The minimum atomic E-state index is -3.82. The number of halogens is 1. The molecule has 1 aromatic heterocycles. The molecule has 0 unspecified atom stereocenters. The molecule has 0 radical (unpaired) electrons. The molecule has 1 aliphatic rings. The molecule has 9 nitrogen and oxygen atoms in total. The molecule has 0 aliphatic carbocycles. The van der Waals surface area contributed by atoms with Crippen LogP contribution in [0.5, 0.6) is 5.75 Å². The summed E-state index contributed by atoms with van der Waals surface area (Å²) >= 11 is 7.31. The van der Waals surface area contributed by atoms with Crippen LogP contribution in [0.1, 0.15) is 6.92 Å². The van der Waals surface area contributed by atoms with Gasteiger partial charge in [-0.2, -0.15) is 0 Å². The van der Waals surface area contributed by atoms with Gasteiger partial charge in [0, 0.05) is 17.3 Å². The van der Waals surface area contributed by atoms with Gasteiger partial charge in [0.2, 0.25) is 0 Å². The van der Waals surface area contributed by atoms with Crippen LogP contribution in [0.15, 0.2) is 75.7 Å². The van der Waals surface area contributed by atoms with E-state index in [0.717, 1.165) is 16.2 Å². The molecule has 0 spiro atoms. The zero-order chi connectivity index (χ0) is 23.6. The van der Waals surface area contributed by atoms with Crippen molar-refractivity contribution >= 4 is 61.3 Å². The number of ether oxygens (including phenoxy) is 1. The van der Waals surface area contributed by atoms with E-state index in [4.69, 9.17) is 16.3 Å². The maximum atomic E-state index is 12.9. The average molecular weight is 505 g/mol. The molecule has 0 fully saturated rings. The first kappa shape index (κ1) is 22.8. The third-order valence-corrected chi connectivity index (χ3v) is 7.04. The second-order valence-electron chi connectivity index (χ2n) is 6.65. The highest BCUT2D eigenvalue weighted by Gasteiger charge is 2.39. The Morgan fingerprint density at radius 1 is 1.06 bits per heavy atom. The lowest BCUT2D eigenvalue weighted by atomic mass is 10.2. The number of hydrogen-bond donors (Lipinski definition) is 2. The minimum absolute atomic E-state index is 0.00756. The quantitative estimate of drug-likeness (QED) is 0.448. The van der Waals surface area contributed by atoms with Gasteiger partial charge in [0.25, 0.3) is 21.8 Å². The number of imide groups is 1. The number of rotatable bonds is 8. The van der Waals surface area contributed by atoms with Crippen molar-refractivity contribution in [1.29, 1.82) is 0 Å². The molecule has 3 aromatic rings. The number of carbonyl (C=O) groups is 2. The van der Waals surface area contributed by atoms with Crippen molar-refractivity contribution in [2.45, 2.75) is 11.8 Å². The largest absolute Gasteiger partial charge is 0.494 e. The van der Waals surface area contributed by atoms with Crippen LogP contribution in [0.25, 0.3) is 0 Å². The minimum Gasteiger partial charge on any atom is -0.494 e. The van der Waals surface area contributed by atoms with Crippen molar-refractivity contribution in [3.05, 3.63) is 70.8 Å². The number of aromatic nitrogens is 1. The molecule has 0 saturated heterocycles. The average Bonchev–Trinajstić information content (AvgIpc) is 3.37. The van der Waals surface area contributed by atoms with Crippen LogP contribution >= 0.6 is 22.9 Å². The van der Waals surface area contributed by atoms with E-state index in [0.29, 0.717) is 23.7 Å². The molecule has 2 amide bonds. The molecule has 12 heteroatoms. The molecule has 0 atom stereocenters. The van der Waals surface area contributed by atoms with Gasteiger partial charge in [-0.15, -0.1) is 11.3 Å². The Morgan fingerprint density at radius 2 is 1.76 bits per heavy atom. The molecule has 33 heavy (non-hydrogen) atoms. The Balaban J connectivity index is 1.50. The van der Waals surface area contributed by atoms with Crippen molar-refractivity contribution in [2.24, 2.45) is 0 Å². The SMILES string of the molecule is CCOc1ccc(N2C(=O)C(Cl)=C(Nc3ccc(S(=O)(=O)Nc4nccs4)cc3)C2=O)cc1. The van der Waals surface area contributed by atoms with Gasteiger partial charge in [0.05, 0.1) is 17.2 Å². The number of amides is 2. The molecule has 2 N–H and O–H groups in total. The predicted octanol–water partition coefficient (Wildman–Crippen LogP) is 3.78. The molecule has 0 saturated carbocycles. The van der Waals surface area contributed by atoms with Crippen LogP contribution < -0.4 is 19.7 Å². The van der Waals surface area contributed by atoms with E-state index in [9.17, 15) is 18.0 Å². The normalized spacial score (nSPS) is 14.1. The smallest absolute Gasteiger partial charge is 0.283 e. The monoisotopic (exact) mass is 504 g/mol. The van der Waals surface area contributed by atoms with Gasteiger partial charge in [-0.25, -0.2) is 18.3 Å². The van der Waals surface area contributed by atoms with Crippen molar-refractivity contribution in [2.75, 3.05) is 21.5 Å². The maximum absolute atomic E-state index is 12.9. The van der Waals surface area contributed by atoms with Crippen LogP contribution in [0.4, 0.5) is 16.5 Å². The van der Waals surface area contributed by atoms with Gasteiger partial charge < -0.3 is 10.1 Å². The highest BCUT2D eigenvalue weighted by Crippen LogP contribution is 2.31. The Hall–Kier alpha value is -3.41. The van der Waals surface area contributed by atoms with Crippen LogP contribution in [-0.4, -0.2) is 31.8 Å². The zero-order valence-corrected chi connectivity index (χ0v) is 19.5. The van der Waals surface area contributed by atoms with Crippen molar-refractivity contribution in [1.82, 2.24) is 4.98 Å². The topological polar surface area (TPSA) is 118 Å². The van der Waals surface area contributed by atoms with Crippen LogP contribution in [0, 0.1) is 0 Å². The predicted molar refractivity (Wildman–Crippen MR) is 126 cm³/mol. The van der Waals surface area contributed by atoms with E-state index in [2.05, 4.69) is 15.0 Å². The van der Waals surface area contributed by atoms with Gasteiger partial charge in [-0.05, 0) is 55.5 Å². The summed E-state index contributed by atoms with van der Waals surface area (Å²) in [5.74, 6) is -0.686. The molecule has 2 heterocycles. The summed E-state index contributed by atoms with van der Waals surface area (Å²) in [6, 6.07) is 12.1. The highest BCUT2D eigenvalue weighted by molar-refractivity contribution is 7.93. The van der Waals surface area contributed by atoms with Crippen molar-refractivity contribution < 1.29 is 22.7 Å². The van der Waals surface area contributed by atoms with Gasteiger partial charge in [0.1, 0.15) is 16.5 Å². The van der Waals surface area contributed by atoms with Crippen LogP contribution in [0.3, 0.4) is 0 Å². The number of nitrogens with one attached hydrogen (secondary N) is 2. The van der Waals surface area contributed by atoms with E-state index in [1.165, 1.54) is 30.5 Å². The highest BCUT2D eigenvalue weighted by atomic mass is 35.5. The number of carbonyl (C=O) groups excluding carboxylic acids is 2. The van der Waals surface area contributed by atoms with E-state index in [1.807, 2.05) is 6.92 Å². The first-order valence-corrected chi connectivity index (χ1v) is 12.3. The van der Waals surface area contributed by atoms with Gasteiger partial charge in [-0.3, -0.25) is 14.3 Å². The molecule has 2 aromatic carbocycles. The van der Waals surface area contributed by atoms with Crippen LogP contribution in [-0.2, 0) is 19.6 Å². The number of anilines is 3. The maximum Gasteiger partial charge on any atom is 0.283 e. The van der Waals surface area contributed by atoms with E-state index < -0.39 is 21.8 Å². The standard InChI is InChI=1S/C21H17ClN4O5S2/c1-2-31-15-7-5-14(6-8-15)26-19(27)17(22)18(20(26)28)24-13-3-9-16(10-4-13)33(29,30)25-21-23-11-12-32-21/h3-12,24H,2H2,1H3,(H,23,25). The lowest BCUT2D eigenvalue weighted by Gasteiger charge is -2.15. The number of sulfonamides is 1. The fraction of sp³-hybridized carbons (Fsp3) is 0.0952. The van der Waals surface area contributed by atoms with E-state index in [1.54, 1.807) is 29.6 Å². The van der Waals surface area contributed by atoms with E-state index >= 15 is 0 Å². The number of nitrogens with zero attached hydrogens (tertiary/aromatic N) is 2. The lowest BCUT2D eigenvalue weighted by molar-refractivity contribution is -0.120. The summed E-state index contributed by atoms with van der Waals surface area (Å²) in [5.41, 5.74) is 0.621. The summed E-state index contributed by atoms with van der Waals surface area (Å²) in [6.45, 7) is 2.34. The van der Waals surface area contributed by atoms with Crippen LogP contribution in [0.2, 0.25) is 0 Å². The van der Waals surface area contributed by atoms with Crippen molar-refractivity contribution in [3.63, 3.8) is 0 Å². The Bertz CT molecular complexity index is 1320. The fourth-order valence-electron chi connectivity index (χ4n) is 3.01. The second kappa shape index (κ2) is 9.22. The van der Waals surface area contributed by atoms with Crippen molar-refractivity contribution in [3.8, 4) is 5.75 Å². The number of hydrogen-bond acceptors (Lipinski definition) is 8. The summed E-state index contributed by atoms with van der Waals surface area (Å²) in [5, 5.41) is 4.44. The Morgan fingerprint density at radius 3 is 2.36 bits per heavy atom. The zero-order valence-electron chi connectivity index (χ0n) is 17.1. The molecule has 170 valence electrons. The van der Waals surface area contributed by atoms with Gasteiger partial charge in [-0.1, -0.05) is 11.6 Å². The van der Waals surface area contributed by atoms with Gasteiger partial charge >= 0.3 is 0 Å². The summed E-state index contributed by atoms with van der Waals surface area (Å²) < 4.78 is 32.7. The molecular weight excluding hydrogens is 488 g/mol. The lowest BCUT2D eigenvalue weighted by Crippen LogP contribution is -2.32. The Labute approximate surface area is 198 Å². The first-order chi connectivity index (χ1) is 15.8. The van der Waals surface area contributed by atoms with Gasteiger partial charge in [0.15, 0.2) is 5.13 Å². The summed E-state index contributed by atoms with van der Waals surface area (Å²) in [4.78, 5) is 30.4. The number of benzene rings is 2. The summed E-state index contributed by atoms with van der Waals surface area (Å²) in [6.07, 6.45) is 1.49. The summed E-state index contributed by atoms with van der Waals surface area (Å²) in [7, 11) is -3.82.